The van der Waals surface area contributed by atoms with Crippen LogP contribution in [0, 0.1) is 5.92 Å². The van der Waals surface area contributed by atoms with Crippen LogP contribution in [-0.4, -0.2) is 59.6 Å². The van der Waals surface area contributed by atoms with Gasteiger partial charge in [0.15, 0.2) is 0 Å². The molecule has 34 heavy (non-hydrogen) atoms. The third-order valence-electron chi connectivity index (χ3n) is 6.58. The number of carboxylic acids is 1. The van der Waals surface area contributed by atoms with Crippen molar-refractivity contribution in [2.24, 2.45) is 5.92 Å². The van der Waals surface area contributed by atoms with E-state index in [4.69, 9.17) is 4.74 Å². The highest BCUT2D eigenvalue weighted by Crippen LogP contribution is 2.44. The number of fused-ring (bicyclic) bond motifs is 3. The molecule has 2 aromatic rings. The summed E-state index contributed by atoms with van der Waals surface area (Å²) in [4.78, 5) is 38.1. The minimum atomic E-state index is -2.87. The van der Waals surface area contributed by atoms with Gasteiger partial charge >= 0.3 is 12.1 Å². The molecule has 1 heterocycles. The summed E-state index contributed by atoms with van der Waals surface area (Å²) in [6, 6.07) is 12.8. The summed E-state index contributed by atoms with van der Waals surface area (Å²) in [5.74, 6) is -2.58. The largest absolute Gasteiger partial charge is 0.480 e. The summed E-state index contributed by atoms with van der Waals surface area (Å²) in [6.45, 7) is 1.78. The second-order valence-corrected chi connectivity index (χ2v) is 8.73. The minimum Gasteiger partial charge on any atom is -0.480 e. The highest BCUT2D eigenvalue weighted by atomic mass is 19.3. The average molecular weight is 472 g/mol. The molecule has 1 saturated heterocycles. The van der Waals surface area contributed by atoms with Crippen LogP contribution in [0.25, 0.3) is 11.1 Å². The third kappa shape index (κ3) is 4.60. The normalized spacial score (nSPS) is 20.1. The van der Waals surface area contributed by atoms with E-state index < -0.39 is 42.9 Å². The lowest BCUT2D eigenvalue weighted by atomic mass is 9.98. The molecule has 7 nitrogen and oxygen atoms in total. The molecule has 1 aliphatic carbocycles. The molecule has 3 atom stereocenters. The van der Waals surface area contributed by atoms with Gasteiger partial charge in [0.25, 0.3) is 0 Å². The van der Waals surface area contributed by atoms with E-state index >= 15 is 0 Å². The van der Waals surface area contributed by atoms with Gasteiger partial charge in [-0.2, -0.15) is 0 Å². The van der Waals surface area contributed by atoms with E-state index in [0.29, 0.717) is 6.42 Å². The van der Waals surface area contributed by atoms with Gasteiger partial charge in [0.2, 0.25) is 12.3 Å². The van der Waals surface area contributed by atoms with E-state index in [2.05, 4.69) is 5.32 Å². The van der Waals surface area contributed by atoms with Crippen LogP contribution in [0.15, 0.2) is 48.5 Å². The molecule has 1 aliphatic heterocycles. The van der Waals surface area contributed by atoms with Crippen molar-refractivity contribution in [2.75, 3.05) is 13.2 Å². The smallest absolute Gasteiger partial charge is 0.407 e. The molecule has 0 radical (unpaired) electrons. The summed E-state index contributed by atoms with van der Waals surface area (Å²) in [6.07, 6.45) is -4.36. The van der Waals surface area contributed by atoms with E-state index in [1.54, 1.807) is 6.92 Å². The Labute approximate surface area is 195 Å². The van der Waals surface area contributed by atoms with Crippen LogP contribution < -0.4 is 5.32 Å². The molecule has 9 heteroatoms. The summed E-state index contributed by atoms with van der Waals surface area (Å²) < 4.78 is 31.8. The number of carbonyl (C=O) groups is 3. The molecule has 180 valence electrons. The predicted molar refractivity (Wildman–Crippen MR) is 120 cm³/mol. The summed E-state index contributed by atoms with van der Waals surface area (Å²) in [7, 11) is 0. The third-order valence-corrected chi connectivity index (χ3v) is 6.58. The Bertz CT molecular complexity index is 1050. The predicted octanol–water partition coefficient (Wildman–Crippen LogP) is 3.87. The molecule has 2 N–H and O–H groups in total. The Morgan fingerprint density at radius 2 is 1.68 bits per heavy atom. The van der Waals surface area contributed by atoms with Crippen molar-refractivity contribution in [3.05, 3.63) is 59.7 Å². The molecule has 4 rings (SSSR count). The van der Waals surface area contributed by atoms with Gasteiger partial charge < -0.3 is 20.1 Å². The lowest BCUT2D eigenvalue weighted by Crippen LogP contribution is -2.53. The summed E-state index contributed by atoms with van der Waals surface area (Å²) in [5.41, 5.74) is 4.07. The molecule has 1 fully saturated rings. The van der Waals surface area contributed by atoms with Crippen LogP contribution in [0.1, 0.15) is 36.8 Å². The van der Waals surface area contributed by atoms with Gasteiger partial charge in [-0.3, -0.25) is 4.79 Å². The maximum absolute atomic E-state index is 13.2. The fourth-order valence-electron chi connectivity index (χ4n) is 4.95. The number of nitrogens with one attached hydrogen (secondary N) is 1. The first-order chi connectivity index (χ1) is 16.3. The number of alkyl halides is 2. The van der Waals surface area contributed by atoms with Crippen molar-refractivity contribution in [3.63, 3.8) is 0 Å². The van der Waals surface area contributed by atoms with Gasteiger partial charge in [0, 0.05) is 18.9 Å². The Kier molecular flexibility index (Phi) is 6.81. The maximum atomic E-state index is 13.2. The second kappa shape index (κ2) is 9.79. The van der Waals surface area contributed by atoms with Crippen LogP contribution in [0.4, 0.5) is 13.6 Å². The quantitative estimate of drug-likeness (QED) is 0.638. The number of likely N-dealkylation sites (tertiary alicyclic amines) is 1. The van der Waals surface area contributed by atoms with Gasteiger partial charge in [0.1, 0.15) is 18.7 Å². The molecular formula is C25H26F2N2O5. The maximum Gasteiger partial charge on any atom is 0.407 e. The highest BCUT2D eigenvalue weighted by Gasteiger charge is 2.42. The molecule has 2 aromatic carbocycles. The number of halogens is 2. The van der Waals surface area contributed by atoms with Crippen molar-refractivity contribution >= 4 is 18.0 Å². The number of hydrogen-bond acceptors (Lipinski definition) is 4. The van der Waals surface area contributed by atoms with E-state index in [0.717, 1.165) is 27.2 Å². The van der Waals surface area contributed by atoms with Crippen molar-refractivity contribution < 1.29 is 33.0 Å². The number of hydrogen-bond donors (Lipinski definition) is 2. The van der Waals surface area contributed by atoms with Gasteiger partial charge in [-0.1, -0.05) is 55.5 Å². The molecule has 0 spiro atoms. The zero-order valence-corrected chi connectivity index (χ0v) is 18.6. The number of alkyl carbamates (subject to hydrolysis) is 1. The van der Waals surface area contributed by atoms with Crippen LogP contribution in [0.2, 0.25) is 0 Å². The van der Waals surface area contributed by atoms with Gasteiger partial charge in [-0.15, -0.1) is 0 Å². The topological polar surface area (TPSA) is 95.9 Å². The van der Waals surface area contributed by atoms with Crippen LogP contribution in [-0.2, 0) is 14.3 Å². The first-order valence-electron chi connectivity index (χ1n) is 11.2. The standard InChI is InChI=1S/C25H26F2N2O5/c1-14-10-11-29(22(14)24(31)32)23(30)20(12-21(26)27)28-25(33)34-13-19-17-8-4-2-6-15(17)16-7-3-5-9-18(16)19/h2-9,14,19-22H,10-13H2,1H3,(H,28,33)(H,31,32). The lowest BCUT2D eigenvalue weighted by molar-refractivity contribution is -0.150. The zero-order valence-electron chi connectivity index (χ0n) is 18.6. The average Bonchev–Trinajstić information content (AvgIpc) is 3.34. The number of carbonyl (C=O) groups excluding carboxylic acids is 2. The van der Waals surface area contributed by atoms with Crippen molar-refractivity contribution in [1.29, 1.82) is 0 Å². The molecule has 0 aromatic heterocycles. The van der Waals surface area contributed by atoms with Gasteiger partial charge in [-0.05, 0) is 34.6 Å². The van der Waals surface area contributed by atoms with E-state index in [1.807, 2.05) is 48.5 Å². The van der Waals surface area contributed by atoms with E-state index in [1.165, 1.54) is 0 Å². The number of nitrogens with zero attached hydrogens (tertiary/aromatic N) is 1. The molecule has 2 amide bonds. The number of benzene rings is 2. The van der Waals surface area contributed by atoms with Crippen molar-refractivity contribution in [1.82, 2.24) is 10.2 Å². The van der Waals surface area contributed by atoms with E-state index in [-0.39, 0.29) is 25.0 Å². The fraction of sp³-hybridized carbons (Fsp3) is 0.400. The SMILES string of the molecule is CC1CCN(C(=O)C(CC(F)F)NC(=O)OCC2c3ccccc3-c3ccccc32)C1C(=O)O. The molecule has 2 aliphatic rings. The lowest BCUT2D eigenvalue weighted by Gasteiger charge is -2.28. The summed E-state index contributed by atoms with van der Waals surface area (Å²) in [5, 5.41) is 11.7. The number of amides is 2. The minimum absolute atomic E-state index is 0.0338. The van der Waals surface area contributed by atoms with Gasteiger partial charge in [0.05, 0.1) is 0 Å². The Morgan fingerprint density at radius 3 is 2.24 bits per heavy atom. The van der Waals surface area contributed by atoms with E-state index in [9.17, 15) is 28.3 Å². The number of ether oxygens (including phenoxy) is 1. The highest BCUT2D eigenvalue weighted by molar-refractivity contribution is 5.90. The van der Waals surface area contributed by atoms with Gasteiger partial charge in [-0.25, -0.2) is 18.4 Å². The number of rotatable bonds is 7. The molecule has 3 unspecified atom stereocenters. The second-order valence-electron chi connectivity index (χ2n) is 8.73. The van der Waals surface area contributed by atoms with Crippen LogP contribution >= 0.6 is 0 Å². The molecule has 0 bridgehead atoms. The zero-order chi connectivity index (χ0) is 24.4. The van der Waals surface area contributed by atoms with Crippen LogP contribution in [0.5, 0.6) is 0 Å². The first-order valence-corrected chi connectivity index (χ1v) is 11.2. The van der Waals surface area contributed by atoms with Crippen molar-refractivity contribution in [3.8, 4) is 11.1 Å². The number of aliphatic carboxylic acids is 1. The van der Waals surface area contributed by atoms with Crippen molar-refractivity contribution in [2.45, 2.75) is 44.2 Å². The Morgan fingerprint density at radius 1 is 1.09 bits per heavy atom. The molecular weight excluding hydrogens is 446 g/mol. The Balaban J connectivity index is 1.45. The Hall–Kier alpha value is -3.49. The monoisotopic (exact) mass is 472 g/mol. The number of carboxylic acid groups (broad SMARTS) is 1. The summed E-state index contributed by atoms with van der Waals surface area (Å²) >= 11 is 0. The first kappa shape index (κ1) is 23.7. The fourth-order valence-corrected chi connectivity index (χ4v) is 4.95. The molecule has 0 saturated carbocycles. The van der Waals surface area contributed by atoms with Crippen LogP contribution in [0.3, 0.4) is 0 Å².